The van der Waals surface area contributed by atoms with Gasteiger partial charge in [-0.2, -0.15) is 0 Å². The molecule has 5 rings (SSSR count). The minimum Gasteiger partial charge on any atom is -0.382 e. The summed E-state index contributed by atoms with van der Waals surface area (Å²) in [5.74, 6) is 1.03. The summed E-state index contributed by atoms with van der Waals surface area (Å²) < 4.78 is 17.6. The number of hydrogen-bond donors (Lipinski definition) is 1. The molecule has 37 heavy (non-hydrogen) atoms. The molecule has 198 valence electrons. The van der Waals surface area contributed by atoms with Crippen molar-refractivity contribution in [1.29, 1.82) is 0 Å². The van der Waals surface area contributed by atoms with Crippen LogP contribution in [-0.2, 0) is 6.42 Å². The number of amides is 1. The Bertz CT molecular complexity index is 1330. The van der Waals surface area contributed by atoms with Gasteiger partial charge in [0.2, 0.25) is 0 Å². The molecule has 3 aromatic rings. The predicted molar refractivity (Wildman–Crippen MR) is 145 cm³/mol. The Morgan fingerprint density at radius 2 is 1.92 bits per heavy atom. The van der Waals surface area contributed by atoms with Gasteiger partial charge in [-0.25, -0.2) is 14.4 Å². The van der Waals surface area contributed by atoms with E-state index in [4.69, 9.17) is 22.3 Å². The van der Waals surface area contributed by atoms with Crippen LogP contribution in [0.3, 0.4) is 0 Å². The molecule has 1 atom stereocenters. The molecule has 2 N–H and O–H groups in total. The van der Waals surface area contributed by atoms with Crippen molar-refractivity contribution in [3.05, 3.63) is 57.5 Å². The second-order valence-corrected chi connectivity index (χ2v) is 11.5. The van der Waals surface area contributed by atoms with Crippen LogP contribution in [0.1, 0.15) is 72.5 Å². The van der Waals surface area contributed by atoms with Gasteiger partial charge >= 0.3 is 0 Å². The first kappa shape index (κ1) is 25.9. The average molecular weight is 527 g/mol. The molecule has 2 aromatic heterocycles. The summed E-state index contributed by atoms with van der Waals surface area (Å²) in [5.41, 5.74) is 9.30. The number of nitrogens with zero attached hydrogens (tertiary/aromatic N) is 5. The lowest BCUT2D eigenvalue weighted by atomic mass is 9.86. The molecule has 9 heteroatoms. The molecule has 0 radical (unpaired) electrons. The smallest absolute Gasteiger partial charge is 0.257 e. The molecular weight excluding hydrogens is 491 g/mol. The molecular formula is C28H36ClFN6O. The number of piperazine rings is 1. The number of imidazole rings is 1. The molecule has 1 amide bonds. The monoisotopic (exact) mass is 526 g/mol. The number of fused-ring (bicyclic) bond motifs is 1. The van der Waals surface area contributed by atoms with Crippen LogP contribution in [0.25, 0.3) is 5.52 Å². The fraction of sp³-hybridized carbons (Fsp3) is 0.536. The van der Waals surface area contributed by atoms with Crippen molar-refractivity contribution in [3.8, 4) is 0 Å². The predicted octanol–water partition coefficient (Wildman–Crippen LogP) is 4.93. The van der Waals surface area contributed by atoms with Crippen LogP contribution >= 0.6 is 11.6 Å². The van der Waals surface area contributed by atoms with E-state index in [1.165, 1.54) is 12.8 Å². The molecule has 0 spiro atoms. The van der Waals surface area contributed by atoms with E-state index >= 15 is 4.39 Å². The van der Waals surface area contributed by atoms with E-state index in [9.17, 15) is 4.79 Å². The van der Waals surface area contributed by atoms with Crippen LogP contribution < -0.4 is 5.73 Å². The maximum atomic E-state index is 15.7. The van der Waals surface area contributed by atoms with Gasteiger partial charge in [0.05, 0.1) is 16.3 Å². The highest BCUT2D eigenvalue weighted by molar-refractivity contribution is 6.31. The van der Waals surface area contributed by atoms with Crippen LogP contribution in [-0.4, -0.2) is 62.8 Å². The number of carbonyl (C=O) groups excluding carboxylic acids is 1. The summed E-state index contributed by atoms with van der Waals surface area (Å²) in [5, 5.41) is -0.0381. The summed E-state index contributed by atoms with van der Waals surface area (Å²) in [6, 6.07) is 1.67. The lowest BCUT2D eigenvalue weighted by Crippen LogP contribution is -2.49. The van der Waals surface area contributed by atoms with E-state index in [-0.39, 0.29) is 28.3 Å². The van der Waals surface area contributed by atoms with Crippen LogP contribution in [0.15, 0.2) is 18.5 Å². The molecule has 3 heterocycles. The molecule has 1 saturated carbocycles. The minimum atomic E-state index is -0.628. The van der Waals surface area contributed by atoms with E-state index in [2.05, 4.69) is 23.7 Å². The fourth-order valence-electron chi connectivity index (χ4n) is 5.59. The zero-order valence-corrected chi connectivity index (χ0v) is 22.9. The number of anilines is 1. The number of carbonyl (C=O) groups is 1. The minimum absolute atomic E-state index is 0.0381. The molecule has 2 fully saturated rings. The summed E-state index contributed by atoms with van der Waals surface area (Å²) in [6.45, 7) is 12.0. The second-order valence-electron chi connectivity index (χ2n) is 11.1. The Kier molecular flexibility index (Phi) is 7.16. The molecule has 1 aromatic carbocycles. The van der Waals surface area contributed by atoms with E-state index in [0.29, 0.717) is 30.9 Å². The largest absolute Gasteiger partial charge is 0.382 e. The number of benzene rings is 1. The van der Waals surface area contributed by atoms with E-state index in [1.54, 1.807) is 17.2 Å². The number of halogens is 2. The van der Waals surface area contributed by atoms with E-state index in [0.717, 1.165) is 48.2 Å². The summed E-state index contributed by atoms with van der Waals surface area (Å²) in [6.07, 6.45) is 6.65. The van der Waals surface area contributed by atoms with Gasteiger partial charge in [-0.15, -0.1) is 0 Å². The number of nitrogens with two attached hydrogens (primary N) is 1. The fourth-order valence-corrected chi connectivity index (χ4v) is 5.80. The van der Waals surface area contributed by atoms with Gasteiger partial charge in [-0.05, 0) is 55.2 Å². The van der Waals surface area contributed by atoms with Gasteiger partial charge in [0.15, 0.2) is 5.82 Å². The number of rotatable bonds is 7. The van der Waals surface area contributed by atoms with Gasteiger partial charge in [0.1, 0.15) is 17.2 Å². The molecule has 0 bridgehead atoms. The Labute approximate surface area is 222 Å². The SMILES string of the molecule is Cc1nc(C(C)c2cc(Cl)c(F)c(C(=O)N3CCN(CC4CC4)CC3)c2CC(C)C)n2ccnc(N)c12. The zero-order chi connectivity index (χ0) is 26.4. The summed E-state index contributed by atoms with van der Waals surface area (Å²) in [7, 11) is 0. The van der Waals surface area contributed by atoms with Crippen molar-refractivity contribution < 1.29 is 9.18 Å². The molecule has 7 nitrogen and oxygen atoms in total. The van der Waals surface area contributed by atoms with Crippen LogP contribution in [0, 0.1) is 24.6 Å². The molecule has 2 aliphatic rings. The van der Waals surface area contributed by atoms with Crippen LogP contribution in [0.5, 0.6) is 0 Å². The lowest BCUT2D eigenvalue weighted by molar-refractivity contribution is 0.0626. The third kappa shape index (κ3) is 5.06. The van der Waals surface area contributed by atoms with Gasteiger partial charge in [-0.1, -0.05) is 32.4 Å². The summed E-state index contributed by atoms with van der Waals surface area (Å²) >= 11 is 6.47. The zero-order valence-electron chi connectivity index (χ0n) is 22.1. The second kappa shape index (κ2) is 10.2. The van der Waals surface area contributed by atoms with Gasteiger partial charge in [-0.3, -0.25) is 14.1 Å². The van der Waals surface area contributed by atoms with Crippen molar-refractivity contribution >= 4 is 28.8 Å². The standard InChI is InChI=1S/C28H36ClFN6O/c1-16(2)13-21-20(17(3)27-33-18(4)25-26(31)32-7-8-36(25)27)14-22(29)24(30)23(21)28(37)35-11-9-34(10-12-35)15-19-5-6-19/h7-8,14,16-17,19H,5-6,9-13,15H2,1-4H3,(H2,31,32). The van der Waals surface area contributed by atoms with Gasteiger partial charge < -0.3 is 10.6 Å². The van der Waals surface area contributed by atoms with Crippen molar-refractivity contribution in [3.63, 3.8) is 0 Å². The van der Waals surface area contributed by atoms with Crippen molar-refractivity contribution in [2.75, 3.05) is 38.5 Å². The highest BCUT2D eigenvalue weighted by atomic mass is 35.5. The third-order valence-corrected chi connectivity index (χ3v) is 7.97. The topological polar surface area (TPSA) is 79.8 Å². The van der Waals surface area contributed by atoms with Crippen LogP contribution in [0.4, 0.5) is 10.2 Å². The van der Waals surface area contributed by atoms with Gasteiger partial charge in [0.25, 0.3) is 5.91 Å². The maximum Gasteiger partial charge on any atom is 0.257 e. The molecule has 1 aliphatic heterocycles. The summed E-state index contributed by atoms with van der Waals surface area (Å²) in [4.78, 5) is 27.1. The number of aromatic nitrogens is 3. The Morgan fingerprint density at radius 1 is 1.22 bits per heavy atom. The first-order chi connectivity index (χ1) is 17.7. The molecule has 1 saturated heterocycles. The van der Waals surface area contributed by atoms with Gasteiger partial charge in [0, 0.05) is 51.0 Å². The number of hydrogen-bond acceptors (Lipinski definition) is 5. The molecule has 1 unspecified atom stereocenters. The number of aryl methyl sites for hydroxylation is 1. The van der Waals surface area contributed by atoms with Crippen molar-refractivity contribution in [2.24, 2.45) is 11.8 Å². The normalized spacial score (nSPS) is 17.6. The lowest BCUT2D eigenvalue weighted by Gasteiger charge is -2.35. The Balaban J connectivity index is 1.54. The Hall–Kier alpha value is -2.71. The Morgan fingerprint density at radius 3 is 2.57 bits per heavy atom. The first-order valence-corrected chi connectivity index (χ1v) is 13.6. The highest BCUT2D eigenvalue weighted by Crippen LogP contribution is 2.37. The van der Waals surface area contributed by atoms with Crippen molar-refractivity contribution in [2.45, 2.75) is 52.9 Å². The third-order valence-electron chi connectivity index (χ3n) is 7.70. The van der Waals surface area contributed by atoms with E-state index < -0.39 is 5.82 Å². The number of nitrogen functional groups attached to an aromatic ring is 1. The molecule has 1 aliphatic carbocycles. The maximum absolute atomic E-state index is 15.7. The highest BCUT2D eigenvalue weighted by Gasteiger charge is 2.33. The average Bonchev–Trinajstić information content (AvgIpc) is 3.61. The van der Waals surface area contributed by atoms with E-state index in [1.807, 2.05) is 24.4 Å². The first-order valence-electron chi connectivity index (χ1n) is 13.3. The van der Waals surface area contributed by atoms with Crippen molar-refractivity contribution in [1.82, 2.24) is 24.2 Å². The van der Waals surface area contributed by atoms with Crippen LogP contribution in [0.2, 0.25) is 5.02 Å². The quantitative estimate of drug-likeness (QED) is 0.472.